The van der Waals surface area contributed by atoms with Crippen LogP contribution in [-0.4, -0.2) is 24.2 Å². The lowest BCUT2D eigenvalue weighted by atomic mass is 10.3. The molecular weight excluding hydrogens is 112 g/mol. The average molecular weight is 118 g/mol. The molecule has 40 valence electrons. The molecule has 3 heteroatoms. The molecule has 0 radical (unpaired) electrons. The SMILES string of the molecule is O=C1COCC1S. The summed E-state index contributed by atoms with van der Waals surface area (Å²) in [5, 5.41) is -0.153. The molecule has 1 unspecified atom stereocenters. The third-order valence-corrected chi connectivity index (χ3v) is 1.33. The van der Waals surface area contributed by atoms with Crippen LogP contribution in [0.2, 0.25) is 0 Å². The molecule has 7 heavy (non-hydrogen) atoms. The van der Waals surface area contributed by atoms with E-state index in [-0.39, 0.29) is 17.6 Å². The van der Waals surface area contributed by atoms with Crippen LogP contribution >= 0.6 is 12.6 Å². The zero-order chi connectivity index (χ0) is 5.28. The molecule has 0 spiro atoms. The van der Waals surface area contributed by atoms with Gasteiger partial charge in [0.15, 0.2) is 5.78 Å². The van der Waals surface area contributed by atoms with Gasteiger partial charge in [0.2, 0.25) is 0 Å². The van der Waals surface area contributed by atoms with E-state index in [1.54, 1.807) is 0 Å². The first-order valence-electron chi connectivity index (χ1n) is 2.09. The summed E-state index contributed by atoms with van der Waals surface area (Å²) < 4.78 is 4.74. The lowest BCUT2D eigenvalue weighted by Gasteiger charge is -1.87. The van der Waals surface area contributed by atoms with Crippen LogP contribution in [0.3, 0.4) is 0 Å². The van der Waals surface area contributed by atoms with Crippen LogP contribution in [0.5, 0.6) is 0 Å². The number of carbonyl (C=O) groups excluding carboxylic acids is 1. The Bertz CT molecular complexity index is 91.7. The van der Waals surface area contributed by atoms with Crippen molar-refractivity contribution in [1.29, 1.82) is 0 Å². The van der Waals surface area contributed by atoms with Crippen LogP contribution in [0.15, 0.2) is 0 Å². The van der Waals surface area contributed by atoms with Gasteiger partial charge >= 0.3 is 0 Å². The van der Waals surface area contributed by atoms with Gasteiger partial charge in [-0.1, -0.05) is 0 Å². The maximum atomic E-state index is 10.4. The summed E-state index contributed by atoms with van der Waals surface area (Å²) in [5.74, 6) is 0.100. The Balaban J connectivity index is 2.48. The predicted octanol–water partition coefficient (Wildman–Crippen LogP) is -0.116. The van der Waals surface area contributed by atoms with Crippen molar-refractivity contribution in [2.75, 3.05) is 13.2 Å². The molecule has 0 N–H and O–H groups in total. The molecular formula is C4H6O2S. The van der Waals surface area contributed by atoms with Crippen molar-refractivity contribution < 1.29 is 9.53 Å². The highest BCUT2D eigenvalue weighted by Crippen LogP contribution is 2.04. The highest BCUT2D eigenvalue weighted by Gasteiger charge is 2.20. The number of ketones is 1. The van der Waals surface area contributed by atoms with Crippen LogP contribution in [0.25, 0.3) is 0 Å². The summed E-state index contributed by atoms with van der Waals surface area (Å²) in [6.45, 7) is 0.746. The largest absolute Gasteiger partial charge is 0.372 e. The van der Waals surface area contributed by atoms with Crippen molar-refractivity contribution >= 4 is 18.4 Å². The number of thiol groups is 1. The fraction of sp³-hybridized carbons (Fsp3) is 0.750. The molecule has 0 aromatic rings. The number of ether oxygens (including phenoxy) is 1. The normalized spacial score (nSPS) is 31.6. The van der Waals surface area contributed by atoms with Gasteiger partial charge in [-0.2, -0.15) is 12.6 Å². The Morgan fingerprint density at radius 2 is 2.57 bits per heavy atom. The first-order chi connectivity index (χ1) is 3.30. The van der Waals surface area contributed by atoms with Gasteiger partial charge in [-0.05, 0) is 0 Å². The molecule has 0 aromatic carbocycles. The van der Waals surface area contributed by atoms with E-state index in [1.165, 1.54) is 0 Å². The van der Waals surface area contributed by atoms with Crippen LogP contribution in [0, 0.1) is 0 Å². The van der Waals surface area contributed by atoms with Crippen LogP contribution in [-0.2, 0) is 9.53 Å². The van der Waals surface area contributed by atoms with E-state index in [1.807, 2.05) is 0 Å². The molecule has 2 nitrogen and oxygen atoms in total. The molecule has 1 heterocycles. The Morgan fingerprint density at radius 1 is 1.86 bits per heavy atom. The molecule has 1 aliphatic heterocycles. The second kappa shape index (κ2) is 1.84. The zero-order valence-electron chi connectivity index (χ0n) is 3.76. The minimum absolute atomic E-state index is 0.100. The van der Waals surface area contributed by atoms with Gasteiger partial charge < -0.3 is 4.74 Å². The van der Waals surface area contributed by atoms with E-state index in [2.05, 4.69) is 12.6 Å². The van der Waals surface area contributed by atoms with E-state index in [9.17, 15) is 4.79 Å². The second-order valence-corrected chi connectivity index (χ2v) is 2.12. The maximum absolute atomic E-state index is 10.4. The molecule has 0 aliphatic carbocycles. The zero-order valence-corrected chi connectivity index (χ0v) is 4.65. The Labute approximate surface area is 47.3 Å². The summed E-state index contributed by atoms with van der Waals surface area (Å²) in [6.07, 6.45) is 0. The van der Waals surface area contributed by atoms with Crippen molar-refractivity contribution in [3.63, 3.8) is 0 Å². The van der Waals surface area contributed by atoms with Gasteiger partial charge in [0.25, 0.3) is 0 Å². The Kier molecular flexibility index (Phi) is 1.35. The summed E-state index contributed by atoms with van der Waals surface area (Å²) in [4.78, 5) is 10.4. The van der Waals surface area contributed by atoms with Gasteiger partial charge in [-0.15, -0.1) is 0 Å². The maximum Gasteiger partial charge on any atom is 0.173 e. The number of hydrogen-bond donors (Lipinski definition) is 1. The summed E-state index contributed by atoms with van der Waals surface area (Å²) in [5.41, 5.74) is 0. The van der Waals surface area contributed by atoms with Crippen molar-refractivity contribution in [3.8, 4) is 0 Å². The van der Waals surface area contributed by atoms with Gasteiger partial charge in [0.1, 0.15) is 6.61 Å². The summed E-state index contributed by atoms with van der Waals surface area (Å²) in [7, 11) is 0. The van der Waals surface area contributed by atoms with Crippen LogP contribution in [0.4, 0.5) is 0 Å². The standard InChI is InChI=1S/C4H6O2S/c5-3-1-6-2-4(3)7/h4,7H,1-2H2. The fourth-order valence-electron chi connectivity index (χ4n) is 0.460. The molecule has 1 rings (SSSR count). The Morgan fingerprint density at radius 3 is 2.71 bits per heavy atom. The third kappa shape index (κ3) is 0.951. The van der Waals surface area contributed by atoms with E-state index in [4.69, 9.17) is 4.74 Å². The molecule has 0 bridgehead atoms. The van der Waals surface area contributed by atoms with Crippen LogP contribution in [0.1, 0.15) is 0 Å². The third-order valence-electron chi connectivity index (χ3n) is 0.892. The lowest BCUT2D eigenvalue weighted by molar-refractivity contribution is -0.117. The average Bonchev–Trinajstić information content (AvgIpc) is 1.91. The van der Waals surface area contributed by atoms with Gasteiger partial charge in [-0.3, -0.25) is 4.79 Å². The smallest absolute Gasteiger partial charge is 0.173 e. The molecule has 1 aliphatic rings. The van der Waals surface area contributed by atoms with E-state index >= 15 is 0 Å². The monoisotopic (exact) mass is 118 g/mol. The highest BCUT2D eigenvalue weighted by molar-refractivity contribution is 7.81. The van der Waals surface area contributed by atoms with Crippen molar-refractivity contribution in [2.24, 2.45) is 0 Å². The van der Waals surface area contributed by atoms with E-state index in [0.29, 0.717) is 6.61 Å². The minimum Gasteiger partial charge on any atom is -0.372 e. The molecule has 0 amide bonds. The molecule has 0 aromatic heterocycles. The number of Topliss-reactive ketones (excluding diaryl/α,β-unsaturated/α-hetero) is 1. The summed E-state index contributed by atoms with van der Waals surface area (Å²) >= 11 is 3.91. The van der Waals surface area contributed by atoms with Gasteiger partial charge in [0, 0.05) is 0 Å². The topological polar surface area (TPSA) is 26.3 Å². The summed E-state index contributed by atoms with van der Waals surface area (Å²) in [6, 6.07) is 0. The van der Waals surface area contributed by atoms with Crippen molar-refractivity contribution in [1.82, 2.24) is 0 Å². The van der Waals surface area contributed by atoms with Gasteiger partial charge in [0.05, 0.1) is 11.9 Å². The number of carbonyl (C=O) groups is 1. The fourth-order valence-corrected chi connectivity index (χ4v) is 0.640. The second-order valence-electron chi connectivity index (χ2n) is 1.50. The molecule has 1 saturated heterocycles. The number of rotatable bonds is 0. The number of hydrogen-bond acceptors (Lipinski definition) is 3. The van der Waals surface area contributed by atoms with E-state index in [0.717, 1.165) is 0 Å². The highest BCUT2D eigenvalue weighted by atomic mass is 32.1. The molecule has 1 fully saturated rings. The minimum atomic E-state index is -0.153. The molecule has 0 saturated carbocycles. The van der Waals surface area contributed by atoms with Gasteiger partial charge in [-0.25, -0.2) is 0 Å². The first kappa shape index (κ1) is 5.12. The lowest BCUT2D eigenvalue weighted by Crippen LogP contribution is -2.08. The van der Waals surface area contributed by atoms with Crippen molar-refractivity contribution in [2.45, 2.75) is 5.25 Å². The molecule has 1 atom stereocenters. The van der Waals surface area contributed by atoms with Crippen molar-refractivity contribution in [3.05, 3.63) is 0 Å². The van der Waals surface area contributed by atoms with E-state index < -0.39 is 0 Å². The quantitative estimate of drug-likeness (QED) is 0.449. The van der Waals surface area contributed by atoms with Crippen LogP contribution < -0.4 is 0 Å². The predicted molar refractivity (Wildman–Crippen MR) is 28.6 cm³/mol. The Hall–Kier alpha value is -0.0200. The first-order valence-corrected chi connectivity index (χ1v) is 2.61.